The molecule has 1 N–H and O–H groups in total. The third-order valence-electron chi connectivity index (χ3n) is 7.46. The number of halogens is 3. The second-order valence-corrected chi connectivity index (χ2v) is 10.5. The Morgan fingerprint density at radius 1 is 1.07 bits per heavy atom. The third-order valence-corrected chi connectivity index (χ3v) is 7.46. The molecule has 2 aromatic carbocycles. The van der Waals surface area contributed by atoms with Gasteiger partial charge in [0, 0.05) is 50.0 Å². The molecule has 0 bridgehead atoms. The van der Waals surface area contributed by atoms with E-state index < -0.39 is 18.2 Å². The number of esters is 1. The van der Waals surface area contributed by atoms with Crippen LogP contribution < -0.4 is 24.4 Å². The highest BCUT2D eigenvalue weighted by atomic mass is 19.4. The minimum atomic E-state index is -5.00. The Balaban J connectivity index is 1.13. The summed E-state index contributed by atoms with van der Waals surface area (Å²) >= 11 is 0. The fourth-order valence-electron chi connectivity index (χ4n) is 5.38. The second-order valence-electron chi connectivity index (χ2n) is 10.5. The fraction of sp³-hybridized carbons (Fsp3) is 0.367. The monoisotopic (exact) mass is 612 g/mol. The lowest BCUT2D eigenvalue weighted by molar-refractivity contribution is -0.204. The Morgan fingerprint density at radius 2 is 1.86 bits per heavy atom. The number of piperazine rings is 1. The molecule has 0 amide bonds. The Kier molecular flexibility index (Phi) is 8.08. The van der Waals surface area contributed by atoms with Crippen molar-refractivity contribution in [3.63, 3.8) is 0 Å². The van der Waals surface area contributed by atoms with Crippen LogP contribution in [0.3, 0.4) is 0 Å². The summed E-state index contributed by atoms with van der Waals surface area (Å²) < 4.78 is 61.2. The molecule has 2 aromatic heterocycles. The van der Waals surface area contributed by atoms with E-state index in [1.54, 1.807) is 17.8 Å². The van der Waals surface area contributed by atoms with Gasteiger partial charge in [0.05, 0.1) is 30.2 Å². The van der Waals surface area contributed by atoms with Gasteiger partial charge in [0.2, 0.25) is 5.95 Å². The quantitative estimate of drug-likeness (QED) is 0.286. The van der Waals surface area contributed by atoms with Crippen molar-refractivity contribution in [1.29, 1.82) is 0 Å². The van der Waals surface area contributed by atoms with Crippen molar-refractivity contribution in [1.82, 2.24) is 19.5 Å². The first-order valence-corrected chi connectivity index (χ1v) is 14.1. The minimum Gasteiger partial charge on any atom is -0.494 e. The Morgan fingerprint density at radius 3 is 2.64 bits per heavy atom. The number of hydrogen-bond acceptors (Lipinski definition) is 10. The number of hydrogen-bond donors (Lipinski definition) is 1. The molecule has 14 heteroatoms. The molecule has 232 valence electrons. The van der Waals surface area contributed by atoms with Gasteiger partial charge in [-0.15, -0.1) is 5.10 Å². The molecule has 1 saturated heterocycles. The minimum absolute atomic E-state index is 0.225. The summed E-state index contributed by atoms with van der Waals surface area (Å²) in [5.41, 5.74) is 4.13. The third kappa shape index (κ3) is 6.16. The largest absolute Gasteiger partial charge is 0.494 e. The molecule has 0 spiro atoms. The molecule has 1 atom stereocenters. The molecule has 0 aliphatic carbocycles. The van der Waals surface area contributed by atoms with Crippen LogP contribution in [0.5, 0.6) is 17.2 Å². The van der Waals surface area contributed by atoms with E-state index in [0.29, 0.717) is 68.3 Å². The van der Waals surface area contributed by atoms with Crippen molar-refractivity contribution in [3.8, 4) is 28.5 Å². The van der Waals surface area contributed by atoms with E-state index in [1.807, 2.05) is 53.4 Å². The number of nitrogens with one attached hydrogen (secondary N) is 1. The maximum Gasteiger partial charge on any atom is 0.490 e. The predicted molar refractivity (Wildman–Crippen MR) is 156 cm³/mol. The fourth-order valence-corrected chi connectivity index (χ4v) is 5.38. The molecule has 6 rings (SSSR count). The first-order chi connectivity index (χ1) is 21.2. The number of rotatable bonds is 8. The van der Waals surface area contributed by atoms with Gasteiger partial charge in [-0.25, -0.2) is 14.3 Å². The lowest BCUT2D eigenvalue weighted by Crippen LogP contribution is -2.49. The highest BCUT2D eigenvalue weighted by Gasteiger charge is 2.42. The van der Waals surface area contributed by atoms with Gasteiger partial charge >= 0.3 is 12.1 Å². The number of anilines is 3. The second kappa shape index (κ2) is 12.1. The Bertz CT molecular complexity index is 1650. The number of para-hydroxylation sites is 1. The van der Waals surface area contributed by atoms with Crippen LogP contribution in [0.2, 0.25) is 0 Å². The highest BCUT2D eigenvalue weighted by molar-refractivity contribution is 5.76. The maximum atomic E-state index is 12.5. The number of methoxy groups -OCH3 is 1. The molecule has 0 saturated carbocycles. The molecule has 1 fully saturated rings. The van der Waals surface area contributed by atoms with Crippen LogP contribution in [0.25, 0.3) is 16.8 Å². The number of carbonyl (C=O) groups is 1. The van der Waals surface area contributed by atoms with Gasteiger partial charge in [-0.1, -0.05) is 6.07 Å². The van der Waals surface area contributed by atoms with Crippen molar-refractivity contribution in [2.24, 2.45) is 0 Å². The first-order valence-electron chi connectivity index (χ1n) is 14.1. The number of carbonyl (C=O) groups excluding carboxylic acids is 1. The first kappa shape index (κ1) is 29.4. The van der Waals surface area contributed by atoms with Crippen LogP contribution >= 0.6 is 0 Å². The summed E-state index contributed by atoms with van der Waals surface area (Å²) in [5.74, 6) is 0.185. The SMILES string of the molecule is COc1cc(N2CCN(C[C@H](C)OC(=O)C(F)(F)F)CC2)ccc1Nc1ncc2ccc(-c3cccc4c3OCCO4)n2n1. The standard InChI is InChI=1S/C30H31F3N6O5/c1-19(44-28(40)30(31,32)33)18-37-10-12-38(13-11-37)20-6-8-23(26(16-20)41-2)35-29-34-17-21-7-9-24(39(21)36-29)22-4-3-5-25-27(22)43-15-14-42-25/h3-9,16-17,19H,10-15,18H2,1-2H3,(H,35,36)/t19-/m0/s1. The zero-order valence-electron chi connectivity index (χ0n) is 24.1. The zero-order chi connectivity index (χ0) is 30.8. The van der Waals surface area contributed by atoms with Crippen LogP contribution in [0.15, 0.2) is 54.7 Å². The number of aromatic nitrogens is 3. The van der Waals surface area contributed by atoms with E-state index in [1.165, 1.54) is 6.92 Å². The lowest BCUT2D eigenvalue weighted by Gasteiger charge is -2.37. The zero-order valence-corrected chi connectivity index (χ0v) is 24.1. The van der Waals surface area contributed by atoms with Gasteiger partial charge < -0.3 is 29.2 Å². The van der Waals surface area contributed by atoms with Gasteiger partial charge in [-0.2, -0.15) is 13.2 Å². The highest BCUT2D eigenvalue weighted by Crippen LogP contribution is 2.40. The summed E-state index contributed by atoms with van der Waals surface area (Å²) in [6.07, 6.45) is -4.13. The van der Waals surface area contributed by atoms with Crippen LogP contribution in [0.1, 0.15) is 6.92 Å². The van der Waals surface area contributed by atoms with Crippen LogP contribution in [-0.4, -0.2) is 90.8 Å². The average molecular weight is 613 g/mol. The van der Waals surface area contributed by atoms with Crippen molar-refractivity contribution < 1.29 is 36.9 Å². The molecule has 2 aliphatic heterocycles. The Labute approximate surface area is 251 Å². The van der Waals surface area contributed by atoms with Gasteiger partial charge in [-0.05, 0) is 43.3 Å². The average Bonchev–Trinajstić information content (AvgIpc) is 3.44. The molecule has 0 unspecified atom stereocenters. The van der Waals surface area contributed by atoms with Crippen LogP contribution in [-0.2, 0) is 9.53 Å². The molecule has 4 aromatic rings. The number of alkyl halides is 3. The summed E-state index contributed by atoms with van der Waals surface area (Å²) in [4.78, 5) is 19.7. The van der Waals surface area contributed by atoms with E-state index in [-0.39, 0.29) is 6.54 Å². The number of ether oxygens (including phenoxy) is 4. The van der Waals surface area contributed by atoms with E-state index in [9.17, 15) is 18.0 Å². The smallest absolute Gasteiger partial charge is 0.490 e. The topological polar surface area (TPSA) is 103 Å². The Hall–Kier alpha value is -4.72. The van der Waals surface area contributed by atoms with Crippen LogP contribution in [0, 0.1) is 0 Å². The van der Waals surface area contributed by atoms with Crippen molar-refractivity contribution in [2.75, 3.05) is 63.3 Å². The summed E-state index contributed by atoms with van der Waals surface area (Å²) in [6.45, 7) is 5.16. The number of benzene rings is 2. The van der Waals surface area contributed by atoms with Crippen LogP contribution in [0.4, 0.5) is 30.5 Å². The normalized spacial score (nSPS) is 16.1. The number of nitrogens with zero attached hydrogens (tertiary/aromatic N) is 5. The lowest BCUT2D eigenvalue weighted by atomic mass is 10.1. The predicted octanol–water partition coefficient (Wildman–Crippen LogP) is 4.54. The van der Waals surface area contributed by atoms with E-state index in [0.717, 1.165) is 22.5 Å². The van der Waals surface area contributed by atoms with Crippen molar-refractivity contribution in [3.05, 3.63) is 54.7 Å². The molecule has 0 radical (unpaired) electrons. The van der Waals surface area contributed by atoms with E-state index >= 15 is 0 Å². The summed E-state index contributed by atoms with van der Waals surface area (Å²) in [5, 5.41) is 8.00. The summed E-state index contributed by atoms with van der Waals surface area (Å²) in [7, 11) is 1.58. The molecule has 11 nitrogen and oxygen atoms in total. The molecule has 4 heterocycles. The summed E-state index contributed by atoms with van der Waals surface area (Å²) in [6, 6.07) is 15.4. The number of fused-ring (bicyclic) bond motifs is 2. The van der Waals surface area contributed by atoms with Gasteiger partial charge in [0.15, 0.2) is 11.5 Å². The van der Waals surface area contributed by atoms with Gasteiger partial charge in [0.25, 0.3) is 0 Å². The van der Waals surface area contributed by atoms with Gasteiger partial charge in [-0.3, -0.25) is 4.90 Å². The van der Waals surface area contributed by atoms with Crippen molar-refractivity contribution in [2.45, 2.75) is 19.2 Å². The van der Waals surface area contributed by atoms with E-state index in [2.05, 4.69) is 19.9 Å². The van der Waals surface area contributed by atoms with Gasteiger partial charge in [0.1, 0.15) is 25.1 Å². The van der Waals surface area contributed by atoms with E-state index in [4.69, 9.17) is 19.3 Å². The maximum absolute atomic E-state index is 12.5. The molecule has 2 aliphatic rings. The van der Waals surface area contributed by atoms with Crippen molar-refractivity contribution >= 4 is 28.8 Å². The molecule has 44 heavy (non-hydrogen) atoms. The molecular formula is C30H31F3N6O5. The molecular weight excluding hydrogens is 581 g/mol.